The first kappa shape index (κ1) is 16.7. The van der Waals surface area contributed by atoms with Crippen molar-refractivity contribution in [1.82, 2.24) is 4.98 Å². The summed E-state index contributed by atoms with van der Waals surface area (Å²) in [5.41, 5.74) is 3.79. The first-order valence-electron chi connectivity index (χ1n) is 8.32. The normalized spacial score (nSPS) is 10.7. The van der Waals surface area contributed by atoms with Crippen LogP contribution in [0, 0.1) is 0 Å². The molecular weight excluding hydrogens is 344 g/mol. The molecule has 6 nitrogen and oxygen atoms in total. The summed E-state index contributed by atoms with van der Waals surface area (Å²) in [6.45, 7) is 0. The number of hydrogen-bond donors (Lipinski definition) is 2. The minimum absolute atomic E-state index is 0.318. The molecule has 0 spiro atoms. The highest BCUT2D eigenvalue weighted by molar-refractivity contribution is 6.07. The van der Waals surface area contributed by atoms with Gasteiger partial charge in [-0.1, -0.05) is 36.4 Å². The quantitative estimate of drug-likeness (QED) is 0.575. The lowest BCUT2D eigenvalue weighted by Gasteiger charge is -2.11. The van der Waals surface area contributed by atoms with Gasteiger partial charge in [0.15, 0.2) is 5.58 Å². The van der Waals surface area contributed by atoms with Crippen LogP contribution in [0.5, 0.6) is 5.75 Å². The van der Waals surface area contributed by atoms with E-state index in [-0.39, 0.29) is 5.91 Å². The Labute approximate surface area is 154 Å². The predicted molar refractivity (Wildman–Crippen MR) is 103 cm³/mol. The second-order valence-corrected chi connectivity index (χ2v) is 5.96. The van der Waals surface area contributed by atoms with Gasteiger partial charge in [0.2, 0.25) is 0 Å². The summed E-state index contributed by atoms with van der Waals surface area (Å²) in [4.78, 5) is 26.7. The zero-order valence-electron chi connectivity index (χ0n) is 14.5. The van der Waals surface area contributed by atoms with Gasteiger partial charge in [0, 0.05) is 11.8 Å². The van der Waals surface area contributed by atoms with Crippen molar-refractivity contribution in [2.75, 3.05) is 12.4 Å². The maximum atomic E-state index is 12.8. The van der Waals surface area contributed by atoms with E-state index in [0.29, 0.717) is 28.1 Å². The number of carbonyl (C=O) groups is 1. The Bertz CT molecular complexity index is 1180. The molecule has 0 bridgehead atoms. The molecule has 0 unspecified atom stereocenters. The number of amides is 1. The summed E-state index contributed by atoms with van der Waals surface area (Å²) in [6, 6.07) is 20.2. The second kappa shape index (κ2) is 6.84. The number of methoxy groups -OCH3 is 1. The van der Waals surface area contributed by atoms with Crippen molar-refractivity contribution in [3.8, 4) is 16.9 Å². The van der Waals surface area contributed by atoms with E-state index in [4.69, 9.17) is 9.15 Å². The molecule has 27 heavy (non-hydrogen) atoms. The molecule has 0 aliphatic carbocycles. The van der Waals surface area contributed by atoms with E-state index in [1.807, 2.05) is 36.4 Å². The number of carbonyl (C=O) groups excluding carboxylic acids is 1. The molecular formula is C21H16N2O4. The Morgan fingerprint density at radius 3 is 2.59 bits per heavy atom. The first-order valence-corrected chi connectivity index (χ1v) is 8.32. The van der Waals surface area contributed by atoms with Crippen LogP contribution in [0.4, 0.5) is 5.69 Å². The highest BCUT2D eigenvalue weighted by Gasteiger charge is 2.15. The molecule has 0 atom stereocenters. The summed E-state index contributed by atoms with van der Waals surface area (Å²) >= 11 is 0. The summed E-state index contributed by atoms with van der Waals surface area (Å²) in [5.74, 6) is -0.381. The Morgan fingerprint density at radius 2 is 1.81 bits per heavy atom. The summed E-state index contributed by atoms with van der Waals surface area (Å²) in [7, 11) is 1.52. The van der Waals surface area contributed by atoms with Crippen LogP contribution in [0.2, 0.25) is 0 Å². The van der Waals surface area contributed by atoms with Crippen molar-refractivity contribution in [2.45, 2.75) is 0 Å². The number of aromatic nitrogens is 1. The number of anilines is 1. The third kappa shape index (κ3) is 3.32. The van der Waals surface area contributed by atoms with Crippen LogP contribution in [0.3, 0.4) is 0 Å². The van der Waals surface area contributed by atoms with Gasteiger partial charge >= 0.3 is 5.76 Å². The lowest BCUT2D eigenvalue weighted by Crippen LogP contribution is -2.13. The fourth-order valence-corrected chi connectivity index (χ4v) is 2.92. The summed E-state index contributed by atoms with van der Waals surface area (Å²) < 4.78 is 10.4. The maximum Gasteiger partial charge on any atom is 0.417 e. The molecule has 0 saturated heterocycles. The minimum Gasteiger partial charge on any atom is -0.496 e. The molecule has 134 valence electrons. The minimum atomic E-state index is -0.536. The van der Waals surface area contributed by atoms with Crippen molar-refractivity contribution >= 4 is 22.7 Å². The highest BCUT2D eigenvalue weighted by atomic mass is 16.5. The van der Waals surface area contributed by atoms with E-state index in [9.17, 15) is 9.59 Å². The number of hydrogen-bond acceptors (Lipinski definition) is 4. The molecule has 0 aliphatic heterocycles. The number of H-pyrrole nitrogens is 1. The van der Waals surface area contributed by atoms with Gasteiger partial charge in [0.05, 0.1) is 18.2 Å². The van der Waals surface area contributed by atoms with E-state index in [1.54, 1.807) is 30.3 Å². The number of nitrogens with one attached hydrogen (secondary N) is 2. The number of oxazole rings is 1. The van der Waals surface area contributed by atoms with Crippen molar-refractivity contribution in [2.24, 2.45) is 0 Å². The Morgan fingerprint density at radius 1 is 1.00 bits per heavy atom. The van der Waals surface area contributed by atoms with Crippen LogP contribution in [-0.2, 0) is 0 Å². The topological polar surface area (TPSA) is 84.3 Å². The van der Waals surface area contributed by atoms with E-state index in [1.165, 1.54) is 7.11 Å². The molecule has 2 N–H and O–H groups in total. The van der Waals surface area contributed by atoms with Crippen molar-refractivity contribution in [1.29, 1.82) is 0 Å². The molecule has 4 rings (SSSR count). The Balaban J connectivity index is 1.68. The predicted octanol–water partition coefficient (Wildman–Crippen LogP) is 4.05. The van der Waals surface area contributed by atoms with Crippen molar-refractivity contribution in [3.63, 3.8) is 0 Å². The number of aromatic amines is 1. The zero-order valence-corrected chi connectivity index (χ0v) is 14.5. The van der Waals surface area contributed by atoms with E-state index in [2.05, 4.69) is 10.3 Å². The molecule has 1 aromatic heterocycles. The van der Waals surface area contributed by atoms with Gasteiger partial charge in [-0.25, -0.2) is 4.79 Å². The van der Waals surface area contributed by atoms with E-state index < -0.39 is 5.76 Å². The number of benzene rings is 3. The number of ether oxygens (including phenoxy) is 1. The average molecular weight is 360 g/mol. The third-order valence-electron chi connectivity index (χ3n) is 4.23. The van der Waals surface area contributed by atoms with Gasteiger partial charge in [-0.05, 0) is 35.4 Å². The molecule has 0 radical (unpaired) electrons. The fraction of sp³-hybridized carbons (Fsp3) is 0.0476. The zero-order chi connectivity index (χ0) is 18.8. The van der Waals surface area contributed by atoms with Gasteiger partial charge in [0.1, 0.15) is 5.75 Å². The van der Waals surface area contributed by atoms with Crippen LogP contribution < -0.4 is 15.8 Å². The summed E-state index contributed by atoms with van der Waals surface area (Å²) in [5, 5.41) is 2.82. The van der Waals surface area contributed by atoms with Crippen molar-refractivity contribution in [3.05, 3.63) is 82.8 Å². The highest BCUT2D eigenvalue weighted by Crippen LogP contribution is 2.27. The average Bonchev–Trinajstić information content (AvgIpc) is 3.07. The molecule has 0 aliphatic rings. The van der Waals surface area contributed by atoms with Gasteiger partial charge in [-0.15, -0.1) is 0 Å². The molecule has 0 fully saturated rings. The van der Waals surface area contributed by atoms with Gasteiger partial charge in [-0.3, -0.25) is 9.78 Å². The number of fused-ring (bicyclic) bond motifs is 1. The van der Waals surface area contributed by atoms with E-state index >= 15 is 0 Å². The van der Waals surface area contributed by atoms with Gasteiger partial charge in [0.25, 0.3) is 5.91 Å². The Hall–Kier alpha value is -3.80. The van der Waals surface area contributed by atoms with E-state index in [0.717, 1.165) is 11.1 Å². The number of rotatable bonds is 4. The second-order valence-electron chi connectivity index (χ2n) is 5.96. The molecule has 6 heteroatoms. The van der Waals surface area contributed by atoms with Crippen LogP contribution >= 0.6 is 0 Å². The monoisotopic (exact) mass is 360 g/mol. The molecule has 0 saturated carbocycles. The van der Waals surface area contributed by atoms with Crippen LogP contribution in [0.1, 0.15) is 10.4 Å². The molecule has 4 aromatic rings. The molecule has 1 heterocycles. The fourth-order valence-electron chi connectivity index (χ4n) is 2.92. The molecule has 1 amide bonds. The van der Waals surface area contributed by atoms with Gasteiger partial charge in [-0.2, -0.15) is 0 Å². The largest absolute Gasteiger partial charge is 0.496 e. The first-order chi connectivity index (χ1) is 13.1. The van der Waals surface area contributed by atoms with Crippen LogP contribution in [0.25, 0.3) is 22.2 Å². The lowest BCUT2D eigenvalue weighted by molar-refractivity contribution is 0.102. The smallest absolute Gasteiger partial charge is 0.417 e. The van der Waals surface area contributed by atoms with Crippen molar-refractivity contribution < 1.29 is 13.9 Å². The SMILES string of the molecule is COc1ccc(-c2ccccc2)cc1C(=O)Nc1ccc2[nH]c(=O)oc2c1. The Kier molecular flexibility index (Phi) is 4.22. The standard InChI is InChI=1S/C21H16N2O4/c1-26-18-10-7-14(13-5-3-2-4-6-13)11-16(18)20(24)22-15-8-9-17-19(12-15)27-21(25)23-17/h2-12H,1H3,(H,22,24)(H,23,25). The maximum absolute atomic E-state index is 12.8. The van der Waals surface area contributed by atoms with Crippen LogP contribution in [-0.4, -0.2) is 18.0 Å². The summed E-state index contributed by atoms with van der Waals surface area (Å²) in [6.07, 6.45) is 0. The van der Waals surface area contributed by atoms with Crippen LogP contribution in [0.15, 0.2) is 75.9 Å². The third-order valence-corrected chi connectivity index (χ3v) is 4.23. The molecule has 3 aromatic carbocycles. The lowest BCUT2D eigenvalue weighted by atomic mass is 10.0. The van der Waals surface area contributed by atoms with Gasteiger partial charge < -0.3 is 14.5 Å².